The van der Waals surface area contributed by atoms with Gasteiger partial charge in [-0.3, -0.25) is 0 Å². The van der Waals surface area contributed by atoms with Crippen LogP contribution in [-0.2, 0) is 0 Å². The van der Waals surface area contributed by atoms with Gasteiger partial charge in [-0.1, -0.05) is 212 Å². The van der Waals surface area contributed by atoms with Crippen LogP contribution in [0.2, 0.25) is 0 Å². The highest BCUT2D eigenvalue weighted by atomic mass is 15.0. The zero-order valence-corrected chi connectivity index (χ0v) is 40.2. The van der Waals surface area contributed by atoms with Crippen molar-refractivity contribution in [1.82, 2.24) is 24.1 Å². The SMILES string of the molecule is c1ccc(-c2cccc(-c3cccc(-c4ccc(-c5nc(-c6ccc(-c7cccc(-n8c9ccccc9c9ccccc98)c7)cc6)nc(-c6cccc(-n7c8ccccc8c8ccccc87)c6)n5)cc4)c3)c2)cc1. The predicted octanol–water partition coefficient (Wildman–Crippen LogP) is 17.7. The normalized spacial score (nSPS) is 11.5. The molecule has 0 amide bonds. The number of hydrogen-bond donors (Lipinski definition) is 0. The molecular formula is C69H45N5. The second-order valence-corrected chi connectivity index (χ2v) is 18.8. The number of para-hydroxylation sites is 4. The van der Waals surface area contributed by atoms with Crippen LogP contribution in [0.3, 0.4) is 0 Å². The molecule has 0 bridgehead atoms. The maximum atomic E-state index is 5.25. The van der Waals surface area contributed by atoms with Gasteiger partial charge in [0.2, 0.25) is 0 Å². The van der Waals surface area contributed by atoms with Crippen LogP contribution in [0, 0.1) is 0 Å². The lowest BCUT2D eigenvalue weighted by Gasteiger charge is -2.12. The molecule has 0 aliphatic heterocycles. The fourth-order valence-electron chi connectivity index (χ4n) is 10.8. The average molecular weight is 944 g/mol. The molecule has 74 heavy (non-hydrogen) atoms. The molecule has 3 heterocycles. The molecule has 14 aromatic rings. The summed E-state index contributed by atoms with van der Waals surface area (Å²) >= 11 is 0. The van der Waals surface area contributed by atoms with Crippen molar-refractivity contribution in [3.05, 3.63) is 273 Å². The molecule has 0 fully saturated rings. The van der Waals surface area contributed by atoms with Gasteiger partial charge in [0.15, 0.2) is 17.5 Å². The first-order valence-corrected chi connectivity index (χ1v) is 25.1. The van der Waals surface area contributed by atoms with Crippen molar-refractivity contribution < 1.29 is 0 Å². The van der Waals surface area contributed by atoms with E-state index < -0.39 is 0 Å². The first-order valence-electron chi connectivity index (χ1n) is 25.1. The summed E-state index contributed by atoms with van der Waals surface area (Å²) in [5.41, 5.74) is 18.8. The van der Waals surface area contributed by atoms with Gasteiger partial charge in [0.05, 0.1) is 22.1 Å². The fourth-order valence-corrected chi connectivity index (χ4v) is 10.8. The smallest absolute Gasteiger partial charge is 0.164 e. The second kappa shape index (κ2) is 18.0. The van der Waals surface area contributed by atoms with Crippen LogP contribution in [0.15, 0.2) is 273 Å². The summed E-state index contributed by atoms with van der Waals surface area (Å²) in [5, 5.41) is 4.92. The molecular weight excluding hydrogens is 899 g/mol. The summed E-state index contributed by atoms with van der Waals surface area (Å²) in [4.78, 5) is 15.7. The van der Waals surface area contributed by atoms with Gasteiger partial charge in [0.1, 0.15) is 0 Å². The molecule has 11 aromatic carbocycles. The van der Waals surface area contributed by atoms with Gasteiger partial charge in [-0.2, -0.15) is 0 Å². The average Bonchev–Trinajstić information content (AvgIpc) is 4.01. The van der Waals surface area contributed by atoms with Crippen molar-refractivity contribution in [3.63, 3.8) is 0 Å². The Morgan fingerprint density at radius 2 is 0.459 bits per heavy atom. The Morgan fingerprint density at radius 1 is 0.189 bits per heavy atom. The molecule has 0 radical (unpaired) electrons. The highest BCUT2D eigenvalue weighted by molar-refractivity contribution is 6.10. The molecule has 0 spiro atoms. The molecule has 0 N–H and O–H groups in total. The zero-order valence-electron chi connectivity index (χ0n) is 40.2. The topological polar surface area (TPSA) is 48.5 Å². The monoisotopic (exact) mass is 943 g/mol. The number of benzene rings is 11. The third-order valence-corrected chi connectivity index (χ3v) is 14.4. The van der Waals surface area contributed by atoms with Crippen LogP contribution in [0.5, 0.6) is 0 Å². The molecule has 0 saturated heterocycles. The van der Waals surface area contributed by atoms with Gasteiger partial charge < -0.3 is 9.13 Å². The number of fused-ring (bicyclic) bond motifs is 6. The quantitative estimate of drug-likeness (QED) is 0.145. The van der Waals surface area contributed by atoms with Gasteiger partial charge in [0.25, 0.3) is 0 Å². The Labute approximate surface area is 428 Å². The number of aromatic nitrogens is 5. The Morgan fingerprint density at radius 3 is 0.878 bits per heavy atom. The zero-order chi connectivity index (χ0) is 49.0. The second-order valence-electron chi connectivity index (χ2n) is 18.8. The molecule has 14 rings (SSSR count). The highest BCUT2D eigenvalue weighted by Gasteiger charge is 2.18. The van der Waals surface area contributed by atoms with Gasteiger partial charge >= 0.3 is 0 Å². The number of hydrogen-bond acceptors (Lipinski definition) is 3. The molecule has 0 saturated carbocycles. The number of rotatable bonds is 9. The first kappa shape index (κ1) is 42.9. The summed E-state index contributed by atoms with van der Waals surface area (Å²) in [7, 11) is 0. The third kappa shape index (κ3) is 7.63. The minimum absolute atomic E-state index is 0.602. The van der Waals surface area contributed by atoms with Crippen LogP contribution in [-0.4, -0.2) is 24.1 Å². The van der Waals surface area contributed by atoms with E-state index in [9.17, 15) is 0 Å². The standard InChI is InChI=1S/C69H45N5/c1-2-16-46(17-3-1)51-18-12-20-53(42-51)54-21-13-19-52(43-54)47-34-38-49(39-35-47)67-70-68(72-69(71-67)56-23-15-25-58(45-56)74-65-32-10-6-28-61(65)62-29-7-11-33-66(62)74)50-40-36-48(37-41-50)55-22-14-24-57(44-55)73-63-30-8-4-26-59(63)60-27-5-9-31-64(60)73/h1-45H. The van der Waals surface area contributed by atoms with Crippen LogP contribution in [0.25, 0.3) is 134 Å². The van der Waals surface area contributed by atoms with Crippen molar-refractivity contribution in [1.29, 1.82) is 0 Å². The van der Waals surface area contributed by atoms with Crippen molar-refractivity contribution >= 4 is 43.6 Å². The van der Waals surface area contributed by atoms with E-state index in [2.05, 4.69) is 282 Å². The number of nitrogens with zero attached hydrogens (tertiary/aromatic N) is 5. The van der Waals surface area contributed by atoms with Gasteiger partial charge in [-0.05, 0) is 105 Å². The van der Waals surface area contributed by atoms with Crippen molar-refractivity contribution in [3.8, 4) is 90.0 Å². The van der Waals surface area contributed by atoms with E-state index in [1.807, 2.05) is 0 Å². The maximum Gasteiger partial charge on any atom is 0.164 e. The summed E-state index contributed by atoms with van der Waals surface area (Å²) in [5.74, 6) is 1.81. The molecule has 3 aromatic heterocycles. The van der Waals surface area contributed by atoms with Crippen molar-refractivity contribution in [2.75, 3.05) is 0 Å². The van der Waals surface area contributed by atoms with E-state index in [-0.39, 0.29) is 0 Å². The van der Waals surface area contributed by atoms with Crippen LogP contribution in [0.4, 0.5) is 0 Å². The summed E-state index contributed by atoms with van der Waals surface area (Å²) in [6, 6.07) is 97.1. The van der Waals surface area contributed by atoms with Crippen molar-refractivity contribution in [2.45, 2.75) is 0 Å². The Bertz CT molecular complexity index is 4310. The summed E-state index contributed by atoms with van der Waals surface area (Å²) in [6.07, 6.45) is 0. The van der Waals surface area contributed by atoms with E-state index in [1.54, 1.807) is 0 Å². The lowest BCUT2D eigenvalue weighted by atomic mass is 9.96. The summed E-state index contributed by atoms with van der Waals surface area (Å²) < 4.78 is 4.70. The van der Waals surface area contributed by atoms with Gasteiger partial charge in [0, 0.05) is 49.6 Å². The fraction of sp³-hybridized carbons (Fsp3) is 0. The van der Waals surface area contributed by atoms with Gasteiger partial charge in [-0.15, -0.1) is 0 Å². The van der Waals surface area contributed by atoms with E-state index in [0.29, 0.717) is 17.5 Å². The maximum absolute atomic E-state index is 5.25. The van der Waals surface area contributed by atoms with E-state index in [0.717, 1.165) is 61.4 Å². The minimum Gasteiger partial charge on any atom is -0.309 e. The van der Waals surface area contributed by atoms with Crippen LogP contribution >= 0.6 is 0 Å². The minimum atomic E-state index is 0.602. The molecule has 346 valence electrons. The Kier molecular flexibility index (Phi) is 10.4. The molecule has 5 nitrogen and oxygen atoms in total. The van der Waals surface area contributed by atoms with Gasteiger partial charge in [-0.25, -0.2) is 15.0 Å². The van der Waals surface area contributed by atoms with E-state index >= 15 is 0 Å². The third-order valence-electron chi connectivity index (χ3n) is 14.4. The van der Waals surface area contributed by atoms with Crippen molar-refractivity contribution in [2.24, 2.45) is 0 Å². The molecule has 0 aliphatic carbocycles. The Hall–Kier alpha value is -9.97. The molecule has 0 unspecified atom stereocenters. The molecule has 5 heteroatoms. The van der Waals surface area contributed by atoms with E-state index in [1.165, 1.54) is 54.8 Å². The Balaban J connectivity index is 0.841. The van der Waals surface area contributed by atoms with E-state index in [4.69, 9.17) is 15.0 Å². The first-order chi connectivity index (χ1) is 36.7. The lowest BCUT2D eigenvalue weighted by Crippen LogP contribution is -2.01. The largest absolute Gasteiger partial charge is 0.309 e. The van der Waals surface area contributed by atoms with Crippen LogP contribution < -0.4 is 0 Å². The molecule has 0 aliphatic rings. The lowest BCUT2D eigenvalue weighted by molar-refractivity contribution is 1.07. The van der Waals surface area contributed by atoms with Crippen LogP contribution in [0.1, 0.15) is 0 Å². The predicted molar refractivity (Wildman–Crippen MR) is 307 cm³/mol. The highest BCUT2D eigenvalue weighted by Crippen LogP contribution is 2.37. The molecule has 0 atom stereocenters. The summed E-state index contributed by atoms with van der Waals surface area (Å²) in [6.45, 7) is 0.